The Kier molecular flexibility index (Phi) is 3.62. The molecule has 1 aromatic carbocycles. The highest BCUT2D eigenvalue weighted by Crippen LogP contribution is 2.28. The van der Waals surface area contributed by atoms with Gasteiger partial charge in [-0.05, 0) is 43.9 Å². The van der Waals surface area contributed by atoms with Crippen molar-refractivity contribution in [3.05, 3.63) is 35.4 Å². The van der Waals surface area contributed by atoms with Crippen molar-refractivity contribution in [3.8, 4) is 0 Å². The number of hydrogen-bond donors (Lipinski definition) is 1. The highest BCUT2D eigenvalue weighted by Gasteiger charge is 2.26. The van der Waals surface area contributed by atoms with Gasteiger partial charge in [-0.3, -0.25) is 4.90 Å². The maximum atomic E-state index is 9.16. The highest BCUT2D eigenvalue weighted by atomic mass is 16.3. The van der Waals surface area contributed by atoms with Gasteiger partial charge in [0.2, 0.25) is 0 Å². The van der Waals surface area contributed by atoms with Crippen LogP contribution in [-0.4, -0.2) is 29.7 Å². The van der Waals surface area contributed by atoms with E-state index in [2.05, 4.69) is 43.0 Å². The molecule has 1 fully saturated rings. The minimum absolute atomic E-state index is 0.330. The summed E-state index contributed by atoms with van der Waals surface area (Å²) in [6, 6.07) is 9.06. The van der Waals surface area contributed by atoms with Crippen molar-refractivity contribution in [3.63, 3.8) is 0 Å². The smallest absolute Gasteiger partial charge is 0.0471 e. The molecule has 0 aromatic heterocycles. The molecule has 0 spiro atoms. The van der Waals surface area contributed by atoms with Crippen molar-refractivity contribution >= 4 is 0 Å². The van der Waals surface area contributed by atoms with Gasteiger partial charge in [-0.2, -0.15) is 0 Å². The zero-order chi connectivity index (χ0) is 11.5. The van der Waals surface area contributed by atoms with E-state index in [9.17, 15) is 0 Å². The normalized spacial score (nSPS) is 23.6. The second-order valence-electron chi connectivity index (χ2n) is 4.86. The number of aliphatic hydroxyl groups is 1. The monoisotopic (exact) mass is 219 g/mol. The molecule has 1 heterocycles. The molecule has 1 aliphatic rings. The van der Waals surface area contributed by atoms with Crippen LogP contribution in [-0.2, 0) is 0 Å². The predicted octanol–water partition coefficient (Wildman–Crippen LogP) is 2.37. The van der Waals surface area contributed by atoms with Crippen molar-refractivity contribution in [1.82, 2.24) is 4.90 Å². The van der Waals surface area contributed by atoms with Crippen LogP contribution in [0.2, 0.25) is 0 Å². The third kappa shape index (κ3) is 2.28. The lowest BCUT2D eigenvalue weighted by Gasteiger charge is -2.26. The minimum Gasteiger partial charge on any atom is -0.396 e. The number of nitrogens with zero attached hydrogens (tertiary/aromatic N) is 1. The quantitative estimate of drug-likeness (QED) is 0.843. The first kappa shape index (κ1) is 11.6. The SMILES string of the molecule is Cc1ccccc1C(C)N1CCC(CO)C1. The van der Waals surface area contributed by atoms with Gasteiger partial charge in [0, 0.05) is 19.2 Å². The molecule has 2 rings (SSSR count). The Morgan fingerprint density at radius 1 is 1.44 bits per heavy atom. The molecule has 0 saturated carbocycles. The van der Waals surface area contributed by atoms with Gasteiger partial charge in [0.05, 0.1) is 0 Å². The van der Waals surface area contributed by atoms with E-state index < -0.39 is 0 Å². The first-order chi connectivity index (χ1) is 7.72. The van der Waals surface area contributed by atoms with E-state index in [0.717, 1.165) is 19.5 Å². The van der Waals surface area contributed by atoms with Gasteiger partial charge in [0.15, 0.2) is 0 Å². The fraction of sp³-hybridized carbons (Fsp3) is 0.571. The molecular weight excluding hydrogens is 198 g/mol. The number of rotatable bonds is 3. The van der Waals surface area contributed by atoms with Crippen LogP contribution in [0.4, 0.5) is 0 Å². The molecule has 2 heteroatoms. The highest BCUT2D eigenvalue weighted by molar-refractivity contribution is 5.28. The predicted molar refractivity (Wildman–Crippen MR) is 66.4 cm³/mol. The van der Waals surface area contributed by atoms with Crippen LogP contribution in [0.1, 0.15) is 30.5 Å². The summed E-state index contributed by atoms with van der Waals surface area (Å²) in [6.07, 6.45) is 1.13. The van der Waals surface area contributed by atoms with Crippen molar-refractivity contribution in [1.29, 1.82) is 0 Å². The molecule has 1 aliphatic heterocycles. The summed E-state index contributed by atoms with van der Waals surface area (Å²) in [5, 5.41) is 9.16. The zero-order valence-electron chi connectivity index (χ0n) is 10.2. The molecule has 1 saturated heterocycles. The molecule has 0 amide bonds. The van der Waals surface area contributed by atoms with Crippen LogP contribution in [0.15, 0.2) is 24.3 Å². The van der Waals surface area contributed by atoms with E-state index >= 15 is 0 Å². The average Bonchev–Trinajstić information content (AvgIpc) is 2.77. The van der Waals surface area contributed by atoms with Crippen molar-refractivity contribution in [2.45, 2.75) is 26.3 Å². The van der Waals surface area contributed by atoms with Gasteiger partial charge >= 0.3 is 0 Å². The van der Waals surface area contributed by atoms with Crippen LogP contribution in [0.5, 0.6) is 0 Å². The Morgan fingerprint density at radius 2 is 2.19 bits per heavy atom. The standard InChI is InChI=1S/C14H21NO/c1-11-5-3-4-6-14(11)12(2)15-8-7-13(9-15)10-16/h3-6,12-13,16H,7-10H2,1-2H3. The van der Waals surface area contributed by atoms with Crippen LogP contribution >= 0.6 is 0 Å². The summed E-state index contributed by atoms with van der Waals surface area (Å²) in [5.41, 5.74) is 2.78. The number of likely N-dealkylation sites (tertiary alicyclic amines) is 1. The number of hydrogen-bond acceptors (Lipinski definition) is 2. The lowest BCUT2D eigenvalue weighted by atomic mass is 10.0. The fourth-order valence-corrected chi connectivity index (χ4v) is 2.62. The van der Waals surface area contributed by atoms with Gasteiger partial charge in [-0.15, -0.1) is 0 Å². The molecule has 1 aromatic rings. The lowest BCUT2D eigenvalue weighted by Crippen LogP contribution is -2.25. The summed E-state index contributed by atoms with van der Waals surface area (Å²) >= 11 is 0. The molecule has 1 N–H and O–H groups in total. The summed E-state index contributed by atoms with van der Waals surface area (Å²) < 4.78 is 0. The molecule has 2 unspecified atom stereocenters. The Labute approximate surface area is 97.9 Å². The zero-order valence-corrected chi connectivity index (χ0v) is 10.2. The van der Waals surface area contributed by atoms with Crippen LogP contribution in [0.3, 0.4) is 0 Å². The second-order valence-corrected chi connectivity index (χ2v) is 4.86. The van der Waals surface area contributed by atoms with Crippen molar-refractivity contribution in [2.75, 3.05) is 19.7 Å². The summed E-state index contributed by atoms with van der Waals surface area (Å²) in [4.78, 5) is 2.48. The molecular formula is C14H21NO. The molecule has 88 valence electrons. The second kappa shape index (κ2) is 4.98. The maximum Gasteiger partial charge on any atom is 0.0471 e. The molecule has 16 heavy (non-hydrogen) atoms. The molecule has 0 aliphatic carbocycles. The van der Waals surface area contributed by atoms with E-state index in [0.29, 0.717) is 18.6 Å². The Balaban J connectivity index is 2.08. The van der Waals surface area contributed by atoms with Crippen LogP contribution in [0, 0.1) is 12.8 Å². The molecule has 2 nitrogen and oxygen atoms in total. The Bertz CT molecular complexity index is 350. The molecule has 2 atom stereocenters. The number of benzene rings is 1. The Morgan fingerprint density at radius 3 is 2.81 bits per heavy atom. The van der Waals surface area contributed by atoms with Gasteiger partial charge in [0.25, 0.3) is 0 Å². The van der Waals surface area contributed by atoms with E-state index in [4.69, 9.17) is 5.11 Å². The molecule has 0 bridgehead atoms. The third-order valence-corrected chi connectivity index (χ3v) is 3.76. The first-order valence-electron chi connectivity index (χ1n) is 6.13. The van der Waals surface area contributed by atoms with Crippen LogP contribution < -0.4 is 0 Å². The van der Waals surface area contributed by atoms with Gasteiger partial charge in [-0.1, -0.05) is 24.3 Å². The van der Waals surface area contributed by atoms with E-state index in [-0.39, 0.29) is 0 Å². The first-order valence-corrected chi connectivity index (χ1v) is 6.13. The van der Waals surface area contributed by atoms with E-state index in [1.807, 2.05) is 0 Å². The summed E-state index contributed by atoms with van der Waals surface area (Å²) in [5.74, 6) is 0.478. The summed E-state index contributed by atoms with van der Waals surface area (Å²) in [6.45, 7) is 6.91. The number of aliphatic hydroxyl groups excluding tert-OH is 1. The lowest BCUT2D eigenvalue weighted by molar-refractivity contribution is 0.204. The van der Waals surface area contributed by atoms with Crippen molar-refractivity contribution < 1.29 is 5.11 Å². The third-order valence-electron chi connectivity index (χ3n) is 3.76. The van der Waals surface area contributed by atoms with Crippen molar-refractivity contribution in [2.24, 2.45) is 5.92 Å². The van der Waals surface area contributed by atoms with E-state index in [1.165, 1.54) is 11.1 Å². The minimum atomic E-state index is 0.330. The Hall–Kier alpha value is -0.860. The maximum absolute atomic E-state index is 9.16. The van der Waals surface area contributed by atoms with Gasteiger partial charge in [-0.25, -0.2) is 0 Å². The van der Waals surface area contributed by atoms with Crippen LogP contribution in [0.25, 0.3) is 0 Å². The van der Waals surface area contributed by atoms with E-state index in [1.54, 1.807) is 0 Å². The average molecular weight is 219 g/mol. The molecule has 0 radical (unpaired) electrons. The summed E-state index contributed by atoms with van der Waals surface area (Å²) in [7, 11) is 0. The van der Waals surface area contributed by atoms with Gasteiger partial charge < -0.3 is 5.11 Å². The van der Waals surface area contributed by atoms with Gasteiger partial charge in [0.1, 0.15) is 0 Å². The largest absolute Gasteiger partial charge is 0.396 e. The fourth-order valence-electron chi connectivity index (χ4n) is 2.62. The number of aryl methyl sites for hydroxylation is 1. The topological polar surface area (TPSA) is 23.5 Å².